The molecule has 0 spiro atoms. The summed E-state index contributed by atoms with van der Waals surface area (Å²) < 4.78 is 5.24. The average molecular weight is 243 g/mol. The van der Waals surface area contributed by atoms with Crippen molar-refractivity contribution in [3.05, 3.63) is 28.8 Å². The molecule has 3 heteroatoms. The summed E-state index contributed by atoms with van der Waals surface area (Å²) in [7, 11) is 1.62. The maximum Gasteiger partial charge on any atom is 0.122 e. The van der Waals surface area contributed by atoms with Gasteiger partial charge in [0.2, 0.25) is 0 Å². The van der Waals surface area contributed by atoms with Crippen LogP contribution in [0.4, 0.5) is 0 Å². The second-order valence-electron chi connectivity index (χ2n) is 5.04. The number of rotatable bonds is 3. The fraction of sp³-hybridized carbons (Fsp3) is 0.538. The molecule has 0 amide bonds. The van der Waals surface area contributed by atoms with E-state index in [0.717, 1.165) is 11.3 Å². The number of ether oxygens (including phenoxy) is 1. The Balaban J connectivity index is 2.91. The first-order valence-corrected chi connectivity index (χ1v) is 5.73. The maximum atomic E-state index is 10.1. The Bertz CT molecular complexity index is 355. The van der Waals surface area contributed by atoms with Crippen LogP contribution in [0.25, 0.3) is 0 Å². The smallest absolute Gasteiger partial charge is 0.122 e. The lowest BCUT2D eigenvalue weighted by atomic mass is 9.85. The van der Waals surface area contributed by atoms with E-state index in [4.69, 9.17) is 16.3 Å². The zero-order chi connectivity index (χ0) is 12.3. The zero-order valence-electron chi connectivity index (χ0n) is 10.2. The molecular weight excluding hydrogens is 224 g/mol. The van der Waals surface area contributed by atoms with Crippen molar-refractivity contribution < 1.29 is 9.84 Å². The molecule has 1 aromatic rings. The molecule has 2 nitrogen and oxygen atoms in total. The van der Waals surface area contributed by atoms with Gasteiger partial charge < -0.3 is 9.84 Å². The number of hydrogen-bond donors (Lipinski definition) is 1. The predicted molar refractivity (Wildman–Crippen MR) is 67.2 cm³/mol. The van der Waals surface area contributed by atoms with Gasteiger partial charge in [0, 0.05) is 11.4 Å². The second kappa shape index (κ2) is 5.07. The lowest BCUT2D eigenvalue weighted by molar-refractivity contribution is 0.0631. The Morgan fingerprint density at radius 1 is 1.38 bits per heavy atom. The zero-order valence-corrected chi connectivity index (χ0v) is 11.0. The number of halogens is 1. The third-order valence-corrected chi connectivity index (χ3v) is 2.89. The molecule has 0 fully saturated rings. The van der Waals surface area contributed by atoms with Crippen molar-refractivity contribution in [1.29, 1.82) is 0 Å². The van der Waals surface area contributed by atoms with Crippen LogP contribution in [0.15, 0.2) is 18.2 Å². The molecular formula is C13H19ClO2. The molecule has 0 aliphatic rings. The Morgan fingerprint density at radius 2 is 2.00 bits per heavy atom. The molecule has 90 valence electrons. The van der Waals surface area contributed by atoms with Gasteiger partial charge in [0.25, 0.3) is 0 Å². The van der Waals surface area contributed by atoms with Crippen LogP contribution in [-0.2, 0) is 6.42 Å². The highest BCUT2D eigenvalue weighted by atomic mass is 35.5. The minimum Gasteiger partial charge on any atom is -0.496 e. The van der Waals surface area contributed by atoms with Crippen molar-refractivity contribution in [2.45, 2.75) is 33.3 Å². The van der Waals surface area contributed by atoms with Crippen LogP contribution in [0, 0.1) is 5.41 Å². The summed E-state index contributed by atoms with van der Waals surface area (Å²) >= 11 is 5.93. The lowest BCUT2D eigenvalue weighted by Crippen LogP contribution is -2.28. The molecule has 1 aromatic carbocycles. The molecule has 0 heterocycles. The first kappa shape index (κ1) is 13.3. The summed E-state index contributed by atoms with van der Waals surface area (Å²) in [6.07, 6.45) is 0.132. The molecule has 16 heavy (non-hydrogen) atoms. The number of aliphatic hydroxyl groups is 1. The first-order valence-electron chi connectivity index (χ1n) is 5.35. The molecule has 1 N–H and O–H groups in total. The largest absolute Gasteiger partial charge is 0.496 e. The van der Waals surface area contributed by atoms with Gasteiger partial charge in [0.15, 0.2) is 0 Å². The summed E-state index contributed by atoms with van der Waals surface area (Å²) in [6.45, 7) is 6.03. The van der Waals surface area contributed by atoms with Crippen molar-refractivity contribution in [2.75, 3.05) is 7.11 Å². The van der Waals surface area contributed by atoms with Crippen molar-refractivity contribution >= 4 is 11.6 Å². The molecule has 0 saturated heterocycles. The van der Waals surface area contributed by atoms with Crippen molar-refractivity contribution in [3.63, 3.8) is 0 Å². The Hall–Kier alpha value is -0.730. The topological polar surface area (TPSA) is 29.5 Å². The van der Waals surface area contributed by atoms with E-state index in [1.54, 1.807) is 13.2 Å². The number of hydrogen-bond acceptors (Lipinski definition) is 2. The fourth-order valence-corrected chi connectivity index (χ4v) is 1.62. The SMILES string of the molecule is COc1ccc(Cl)cc1CC(O)C(C)(C)C. The van der Waals surface area contributed by atoms with Gasteiger partial charge in [-0.1, -0.05) is 32.4 Å². The number of aliphatic hydroxyl groups excluding tert-OH is 1. The second-order valence-corrected chi connectivity index (χ2v) is 5.48. The van der Waals surface area contributed by atoms with E-state index in [1.165, 1.54) is 0 Å². The van der Waals surface area contributed by atoms with E-state index in [2.05, 4.69) is 0 Å². The van der Waals surface area contributed by atoms with Gasteiger partial charge in [-0.3, -0.25) is 0 Å². The van der Waals surface area contributed by atoms with Crippen molar-refractivity contribution in [3.8, 4) is 5.75 Å². The highest BCUT2D eigenvalue weighted by Gasteiger charge is 2.23. The maximum absolute atomic E-state index is 10.1. The molecule has 1 rings (SSSR count). The van der Waals surface area contributed by atoms with E-state index in [0.29, 0.717) is 11.4 Å². The highest BCUT2D eigenvalue weighted by molar-refractivity contribution is 6.30. The first-order chi connectivity index (χ1) is 7.34. The van der Waals surface area contributed by atoms with Gasteiger partial charge in [0.1, 0.15) is 5.75 Å². The predicted octanol–water partition coefficient (Wildman–Crippen LogP) is 3.30. The van der Waals surface area contributed by atoms with Crippen molar-refractivity contribution in [2.24, 2.45) is 5.41 Å². The van der Waals surface area contributed by atoms with Crippen LogP contribution in [0.1, 0.15) is 26.3 Å². The normalized spacial score (nSPS) is 13.6. The van der Waals surface area contributed by atoms with Crippen LogP contribution < -0.4 is 4.74 Å². The van der Waals surface area contributed by atoms with Gasteiger partial charge in [-0.2, -0.15) is 0 Å². The number of benzene rings is 1. The van der Waals surface area contributed by atoms with E-state index in [9.17, 15) is 5.11 Å². The fourth-order valence-electron chi connectivity index (χ4n) is 1.42. The van der Waals surface area contributed by atoms with E-state index in [1.807, 2.05) is 32.9 Å². The quantitative estimate of drug-likeness (QED) is 0.881. The Morgan fingerprint density at radius 3 is 2.50 bits per heavy atom. The van der Waals surface area contributed by atoms with Crippen LogP contribution in [0.5, 0.6) is 5.75 Å². The summed E-state index contributed by atoms with van der Waals surface area (Å²) in [4.78, 5) is 0. The van der Waals surface area contributed by atoms with Gasteiger partial charge >= 0.3 is 0 Å². The third-order valence-electron chi connectivity index (χ3n) is 2.66. The molecule has 0 aromatic heterocycles. The molecule has 0 bridgehead atoms. The summed E-state index contributed by atoms with van der Waals surface area (Å²) in [6, 6.07) is 5.45. The monoisotopic (exact) mass is 242 g/mol. The van der Waals surface area contributed by atoms with Crippen LogP contribution in [0.3, 0.4) is 0 Å². The Labute approximate surface area is 102 Å². The highest BCUT2D eigenvalue weighted by Crippen LogP contribution is 2.28. The minimum atomic E-state index is -0.417. The molecule has 0 radical (unpaired) electrons. The van der Waals surface area contributed by atoms with E-state index < -0.39 is 6.10 Å². The van der Waals surface area contributed by atoms with Crippen molar-refractivity contribution in [1.82, 2.24) is 0 Å². The third kappa shape index (κ3) is 3.39. The van der Waals surface area contributed by atoms with Gasteiger partial charge in [-0.25, -0.2) is 0 Å². The van der Waals surface area contributed by atoms with Gasteiger partial charge in [-0.05, 0) is 29.2 Å². The van der Waals surface area contributed by atoms with Crippen LogP contribution in [0.2, 0.25) is 5.02 Å². The molecule has 1 unspecified atom stereocenters. The molecule has 1 atom stereocenters. The Kier molecular flexibility index (Phi) is 4.22. The van der Waals surface area contributed by atoms with Gasteiger partial charge in [0.05, 0.1) is 13.2 Å². The average Bonchev–Trinajstić information content (AvgIpc) is 2.16. The summed E-state index contributed by atoms with van der Waals surface area (Å²) in [5.74, 6) is 0.771. The molecule has 0 saturated carbocycles. The van der Waals surface area contributed by atoms with E-state index >= 15 is 0 Å². The standard InChI is InChI=1S/C13H19ClO2/c1-13(2,3)12(15)8-9-7-10(14)5-6-11(9)16-4/h5-7,12,15H,8H2,1-4H3. The molecule has 0 aliphatic carbocycles. The minimum absolute atomic E-state index is 0.146. The number of methoxy groups -OCH3 is 1. The lowest BCUT2D eigenvalue weighted by Gasteiger charge is -2.26. The molecule has 0 aliphatic heterocycles. The van der Waals surface area contributed by atoms with Gasteiger partial charge in [-0.15, -0.1) is 0 Å². The summed E-state index contributed by atoms with van der Waals surface area (Å²) in [5.41, 5.74) is 0.797. The van der Waals surface area contributed by atoms with Crippen LogP contribution >= 0.6 is 11.6 Å². The van der Waals surface area contributed by atoms with E-state index in [-0.39, 0.29) is 5.41 Å². The summed E-state index contributed by atoms with van der Waals surface area (Å²) in [5, 5.41) is 10.7. The van der Waals surface area contributed by atoms with Crippen LogP contribution in [-0.4, -0.2) is 18.3 Å².